The minimum atomic E-state index is -1.31. The van der Waals surface area contributed by atoms with E-state index >= 15 is 0 Å². The van der Waals surface area contributed by atoms with Gasteiger partial charge in [0.1, 0.15) is 5.75 Å². The zero-order valence-corrected chi connectivity index (χ0v) is 23.6. The Morgan fingerprint density at radius 2 is 1.65 bits per heavy atom. The molecule has 4 rings (SSSR count). The second-order valence-electron chi connectivity index (χ2n) is 9.96. The molecule has 0 aromatic heterocycles. The van der Waals surface area contributed by atoms with Crippen LogP contribution in [-0.2, 0) is 9.59 Å². The van der Waals surface area contributed by atoms with Gasteiger partial charge in [-0.25, -0.2) is 4.79 Å². The lowest BCUT2D eigenvalue weighted by atomic mass is 9.82. The number of urea groups is 1. The fraction of sp³-hybridized carbons (Fsp3) is 0.429. The molecule has 0 bridgehead atoms. The third-order valence-corrected chi connectivity index (χ3v) is 8.12. The van der Waals surface area contributed by atoms with Gasteiger partial charge < -0.3 is 25.4 Å². The van der Waals surface area contributed by atoms with E-state index in [0.717, 1.165) is 32.1 Å². The summed E-state index contributed by atoms with van der Waals surface area (Å²) in [4.78, 5) is 55.0. The van der Waals surface area contributed by atoms with Gasteiger partial charge >= 0.3 is 12.0 Å². The van der Waals surface area contributed by atoms with E-state index in [4.69, 9.17) is 27.9 Å². The fourth-order valence-corrected chi connectivity index (χ4v) is 5.62. The summed E-state index contributed by atoms with van der Waals surface area (Å²) in [5, 5.41) is 15.7. The van der Waals surface area contributed by atoms with Crippen molar-refractivity contribution in [1.29, 1.82) is 0 Å². The van der Waals surface area contributed by atoms with Crippen LogP contribution in [0.25, 0.3) is 0 Å². The lowest BCUT2D eigenvalue weighted by Gasteiger charge is -2.34. The van der Waals surface area contributed by atoms with Crippen molar-refractivity contribution in [3.63, 3.8) is 0 Å². The number of benzene rings is 2. The van der Waals surface area contributed by atoms with E-state index in [1.165, 1.54) is 35.1 Å². The van der Waals surface area contributed by atoms with Crippen molar-refractivity contribution in [2.45, 2.75) is 50.7 Å². The smallest absolute Gasteiger partial charge is 0.323 e. The molecule has 0 radical (unpaired) electrons. The van der Waals surface area contributed by atoms with Crippen LogP contribution in [0.4, 0.5) is 10.5 Å². The molecule has 3 N–H and O–H groups in total. The molecule has 1 saturated heterocycles. The molecule has 2 aromatic carbocycles. The summed E-state index contributed by atoms with van der Waals surface area (Å²) in [5.74, 6) is -1.54. The van der Waals surface area contributed by atoms with Crippen molar-refractivity contribution in [2.75, 3.05) is 25.5 Å². The molecule has 10 nitrogen and oxygen atoms in total. The second kappa shape index (κ2) is 13.2. The van der Waals surface area contributed by atoms with E-state index < -0.39 is 36.0 Å². The summed E-state index contributed by atoms with van der Waals surface area (Å²) in [6, 6.07) is 9.88. The van der Waals surface area contributed by atoms with Gasteiger partial charge in [-0.1, -0.05) is 42.5 Å². The van der Waals surface area contributed by atoms with Gasteiger partial charge in [-0.2, -0.15) is 0 Å². The number of nitrogens with one attached hydrogen (secondary N) is 2. The molecule has 2 unspecified atom stereocenters. The highest BCUT2D eigenvalue weighted by Gasteiger charge is 2.44. The molecule has 40 heavy (non-hydrogen) atoms. The molecule has 1 heterocycles. The first-order chi connectivity index (χ1) is 19.2. The lowest BCUT2D eigenvalue weighted by molar-refractivity contribution is -0.138. The summed E-state index contributed by atoms with van der Waals surface area (Å²) in [6.45, 7) is 0.167. The summed E-state index contributed by atoms with van der Waals surface area (Å²) < 4.78 is 5.16. The fourth-order valence-electron chi connectivity index (χ4n) is 5.32. The van der Waals surface area contributed by atoms with Crippen LogP contribution in [0.15, 0.2) is 42.5 Å². The Morgan fingerprint density at radius 1 is 0.975 bits per heavy atom. The van der Waals surface area contributed by atoms with Crippen molar-refractivity contribution in [3.8, 4) is 5.75 Å². The van der Waals surface area contributed by atoms with Gasteiger partial charge in [0.15, 0.2) is 6.17 Å². The number of aliphatic carboxylic acids is 1. The van der Waals surface area contributed by atoms with Crippen LogP contribution in [0.1, 0.15) is 48.9 Å². The normalized spacial score (nSPS) is 18.2. The van der Waals surface area contributed by atoms with Crippen LogP contribution in [0, 0.1) is 5.92 Å². The monoisotopic (exact) mass is 590 g/mol. The maximum atomic E-state index is 13.8. The van der Waals surface area contributed by atoms with E-state index in [9.17, 15) is 24.3 Å². The van der Waals surface area contributed by atoms with Gasteiger partial charge in [0.25, 0.3) is 11.8 Å². The predicted octanol–water partition coefficient (Wildman–Crippen LogP) is 4.86. The number of carbonyl (C=O) groups is 4. The van der Waals surface area contributed by atoms with Crippen molar-refractivity contribution >= 4 is 52.7 Å². The number of methoxy groups -OCH3 is 1. The van der Waals surface area contributed by atoms with Crippen molar-refractivity contribution in [3.05, 3.63) is 58.1 Å². The molecular weight excluding hydrogens is 559 g/mol. The maximum Gasteiger partial charge on any atom is 0.323 e. The van der Waals surface area contributed by atoms with E-state index in [0.29, 0.717) is 11.4 Å². The summed E-state index contributed by atoms with van der Waals surface area (Å²) in [6.07, 6.45) is 3.03. The number of ether oxygens (including phenoxy) is 1. The summed E-state index contributed by atoms with van der Waals surface area (Å²) in [7, 11) is 1.53. The number of carboxylic acid groups (broad SMARTS) is 1. The van der Waals surface area contributed by atoms with Crippen molar-refractivity contribution in [2.24, 2.45) is 5.92 Å². The molecule has 214 valence electrons. The van der Waals surface area contributed by atoms with Crippen LogP contribution in [0.5, 0.6) is 5.75 Å². The predicted molar refractivity (Wildman–Crippen MR) is 151 cm³/mol. The highest BCUT2D eigenvalue weighted by atomic mass is 35.5. The number of rotatable bonds is 8. The Kier molecular flexibility index (Phi) is 9.76. The molecular formula is C28H32Cl2N4O6. The van der Waals surface area contributed by atoms with Gasteiger partial charge in [0.2, 0.25) is 0 Å². The first-order valence-electron chi connectivity index (χ1n) is 13.2. The first-order valence-corrected chi connectivity index (χ1v) is 13.9. The highest BCUT2D eigenvalue weighted by molar-refractivity contribution is 6.42. The molecule has 1 saturated carbocycles. The summed E-state index contributed by atoms with van der Waals surface area (Å²) in [5.41, 5.74) is 0.684. The molecule has 4 amide bonds. The Hall–Kier alpha value is -3.50. The number of carbonyl (C=O) groups excluding carboxylic acids is 3. The van der Waals surface area contributed by atoms with Crippen molar-refractivity contribution in [1.82, 2.24) is 15.1 Å². The number of amides is 4. The Bertz CT molecular complexity index is 1250. The zero-order valence-electron chi connectivity index (χ0n) is 22.1. The molecule has 2 fully saturated rings. The number of hydrogen-bond acceptors (Lipinski definition) is 5. The first kappa shape index (κ1) is 29.5. The minimum Gasteiger partial charge on any atom is -0.497 e. The topological polar surface area (TPSA) is 128 Å². The molecule has 1 aliphatic carbocycles. The molecule has 1 aliphatic heterocycles. The maximum absolute atomic E-state index is 13.8. The van der Waals surface area contributed by atoms with E-state index in [-0.39, 0.29) is 41.0 Å². The third-order valence-electron chi connectivity index (χ3n) is 7.38. The number of nitrogens with zero attached hydrogens (tertiary/aromatic N) is 2. The third kappa shape index (κ3) is 6.98. The molecule has 2 aromatic rings. The SMILES string of the molecule is COc1ccc(NC(=O)N2CCN(C(=O)c3ccc(Cl)c(Cl)c3)C2C(=O)NC(CC(=O)O)C2CCCCC2)cc1. The number of hydrogen-bond donors (Lipinski definition) is 3. The average molecular weight is 591 g/mol. The van der Waals surface area contributed by atoms with Gasteiger partial charge in [-0.05, 0) is 61.2 Å². The molecule has 2 atom stereocenters. The number of carboxylic acids is 1. The average Bonchev–Trinajstić information content (AvgIpc) is 3.40. The van der Waals surface area contributed by atoms with Crippen LogP contribution >= 0.6 is 23.2 Å². The van der Waals surface area contributed by atoms with Crippen LogP contribution in [0.2, 0.25) is 10.0 Å². The Balaban J connectivity index is 1.60. The standard InChI is InChI=1S/C28H32Cl2N4O6/c1-40-20-10-8-19(9-11-20)31-28(39)34-14-13-33(27(38)18-7-12-21(29)22(30)15-18)26(34)25(37)32-23(16-24(35)36)17-5-3-2-4-6-17/h7-12,15,17,23,26H,2-6,13-14,16H2,1H3,(H,31,39)(H,32,37)(H,35,36). The molecule has 2 aliphatic rings. The van der Waals surface area contributed by atoms with Gasteiger partial charge in [0, 0.05) is 30.4 Å². The van der Waals surface area contributed by atoms with E-state index in [1.54, 1.807) is 24.3 Å². The van der Waals surface area contributed by atoms with Crippen LogP contribution in [0.3, 0.4) is 0 Å². The molecule has 12 heteroatoms. The second-order valence-corrected chi connectivity index (χ2v) is 10.8. The van der Waals surface area contributed by atoms with Crippen LogP contribution < -0.4 is 15.4 Å². The molecule has 0 spiro atoms. The van der Waals surface area contributed by atoms with Crippen LogP contribution in [-0.4, -0.2) is 71.1 Å². The quantitative estimate of drug-likeness (QED) is 0.403. The highest BCUT2D eigenvalue weighted by Crippen LogP contribution is 2.29. The van der Waals surface area contributed by atoms with Crippen molar-refractivity contribution < 1.29 is 29.0 Å². The number of anilines is 1. The lowest BCUT2D eigenvalue weighted by Crippen LogP contribution is -2.57. The number of halogens is 2. The minimum absolute atomic E-state index is 0.00370. The Morgan fingerprint density at radius 3 is 2.27 bits per heavy atom. The largest absolute Gasteiger partial charge is 0.497 e. The Labute approximate surface area is 242 Å². The van der Waals surface area contributed by atoms with E-state index in [2.05, 4.69) is 10.6 Å². The summed E-state index contributed by atoms with van der Waals surface area (Å²) >= 11 is 12.2. The van der Waals surface area contributed by atoms with E-state index in [1.807, 2.05) is 0 Å². The zero-order chi connectivity index (χ0) is 28.8. The van der Waals surface area contributed by atoms with Gasteiger partial charge in [-0.3, -0.25) is 19.3 Å². The van der Waals surface area contributed by atoms with Gasteiger partial charge in [-0.15, -0.1) is 0 Å². The van der Waals surface area contributed by atoms with Gasteiger partial charge in [0.05, 0.1) is 23.6 Å².